The van der Waals surface area contributed by atoms with Gasteiger partial charge >= 0.3 is 5.97 Å². The first-order valence-electron chi connectivity index (χ1n) is 8.17. The molecule has 0 amide bonds. The predicted molar refractivity (Wildman–Crippen MR) is 74.0 cm³/mol. The van der Waals surface area contributed by atoms with Crippen molar-refractivity contribution in [3.05, 3.63) is 0 Å². The summed E-state index contributed by atoms with van der Waals surface area (Å²) in [6.45, 7) is 3.73. The van der Waals surface area contributed by atoms with Gasteiger partial charge in [0, 0.05) is 0 Å². The van der Waals surface area contributed by atoms with Crippen molar-refractivity contribution < 1.29 is 19.0 Å². The first kappa shape index (κ1) is 14.3. The van der Waals surface area contributed by atoms with Gasteiger partial charge in [0.15, 0.2) is 12.4 Å². The first-order valence-corrected chi connectivity index (χ1v) is 8.17. The molecule has 1 aliphatic carbocycles. The van der Waals surface area contributed by atoms with E-state index in [-0.39, 0.29) is 24.3 Å². The summed E-state index contributed by atoms with van der Waals surface area (Å²) in [6, 6.07) is 0. The average Bonchev–Trinajstić information content (AvgIpc) is 2.49. The molecule has 2 saturated heterocycles. The van der Waals surface area contributed by atoms with E-state index in [1.807, 2.05) is 0 Å². The largest absolute Gasteiger partial charge is 0.457 e. The molecule has 3 fully saturated rings. The predicted octanol–water partition coefficient (Wildman–Crippen LogP) is 2.90. The zero-order valence-electron chi connectivity index (χ0n) is 12.4. The van der Waals surface area contributed by atoms with Gasteiger partial charge in [-0.25, -0.2) is 0 Å². The lowest BCUT2D eigenvalue weighted by atomic mass is 9.74. The quantitative estimate of drug-likeness (QED) is 0.731. The van der Waals surface area contributed by atoms with E-state index in [9.17, 15) is 4.79 Å². The van der Waals surface area contributed by atoms with E-state index in [2.05, 4.69) is 6.92 Å². The van der Waals surface area contributed by atoms with Gasteiger partial charge in [-0.1, -0.05) is 19.8 Å². The number of hydrogen-bond acceptors (Lipinski definition) is 4. The number of carbonyl (C=O) groups is 1. The second-order valence-electron chi connectivity index (χ2n) is 6.64. The van der Waals surface area contributed by atoms with Crippen molar-refractivity contribution in [3.8, 4) is 0 Å². The molecular formula is C16H26O4. The van der Waals surface area contributed by atoms with Crippen LogP contribution >= 0.6 is 0 Å². The van der Waals surface area contributed by atoms with Gasteiger partial charge in [0.05, 0.1) is 19.1 Å². The maximum atomic E-state index is 12.3. The van der Waals surface area contributed by atoms with Crippen molar-refractivity contribution in [1.29, 1.82) is 0 Å². The van der Waals surface area contributed by atoms with Crippen molar-refractivity contribution in [3.63, 3.8) is 0 Å². The van der Waals surface area contributed by atoms with Crippen molar-refractivity contribution in [1.82, 2.24) is 0 Å². The molecule has 2 heterocycles. The average molecular weight is 282 g/mol. The summed E-state index contributed by atoms with van der Waals surface area (Å²) in [5.41, 5.74) is 0. The number of esters is 1. The first-order chi connectivity index (χ1) is 9.74. The van der Waals surface area contributed by atoms with Crippen LogP contribution in [0, 0.1) is 17.8 Å². The number of carbonyl (C=O) groups excluding carboxylic acids is 1. The van der Waals surface area contributed by atoms with Crippen molar-refractivity contribution in [2.75, 3.05) is 13.2 Å². The Balaban J connectivity index is 1.52. The lowest BCUT2D eigenvalue weighted by molar-refractivity contribution is -0.241. The fourth-order valence-corrected chi connectivity index (χ4v) is 3.79. The molecule has 0 aromatic heterocycles. The van der Waals surface area contributed by atoms with E-state index in [0.29, 0.717) is 19.1 Å². The van der Waals surface area contributed by atoms with Crippen molar-refractivity contribution in [2.24, 2.45) is 17.8 Å². The second-order valence-corrected chi connectivity index (χ2v) is 6.64. The summed E-state index contributed by atoms with van der Waals surface area (Å²) in [5.74, 6) is 1.46. The molecule has 0 N–H and O–H groups in total. The van der Waals surface area contributed by atoms with Crippen LogP contribution in [0.3, 0.4) is 0 Å². The zero-order chi connectivity index (χ0) is 13.9. The van der Waals surface area contributed by atoms with Gasteiger partial charge in [-0.3, -0.25) is 4.79 Å². The molecule has 2 unspecified atom stereocenters. The number of cyclic esters (lactones) is 1. The smallest absolute Gasteiger partial charge is 0.309 e. The molecule has 0 aromatic carbocycles. The third kappa shape index (κ3) is 3.17. The standard InChI is InChI=1S/C16H26O4/c1-11-3-5-12(6-4-11)13-7-8-14(20-15(13)17)16-18-9-2-10-19-16/h11-14,16H,2-10H2,1H3. The van der Waals surface area contributed by atoms with E-state index < -0.39 is 0 Å². The zero-order valence-corrected chi connectivity index (χ0v) is 12.4. The number of rotatable bonds is 2. The third-order valence-corrected chi connectivity index (χ3v) is 5.12. The summed E-state index contributed by atoms with van der Waals surface area (Å²) in [6.07, 6.45) is 7.10. The summed E-state index contributed by atoms with van der Waals surface area (Å²) in [7, 11) is 0. The van der Waals surface area contributed by atoms with Crippen LogP contribution < -0.4 is 0 Å². The summed E-state index contributed by atoms with van der Waals surface area (Å²) in [5, 5.41) is 0. The highest BCUT2D eigenvalue weighted by atomic mass is 16.7. The minimum Gasteiger partial charge on any atom is -0.457 e. The lowest BCUT2D eigenvalue weighted by Crippen LogP contribution is -2.45. The molecule has 2 atom stereocenters. The maximum absolute atomic E-state index is 12.3. The molecule has 1 saturated carbocycles. The highest BCUT2D eigenvalue weighted by Crippen LogP contribution is 2.38. The monoisotopic (exact) mass is 282 g/mol. The van der Waals surface area contributed by atoms with Crippen molar-refractivity contribution >= 4 is 5.97 Å². The Morgan fingerprint density at radius 3 is 2.30 bits per heavy atom. The van der Waals surface area contributed by atoms with E-state index in [4.69, 9.17) is 14.2 Å². The van der Waals surface area contributed by atoms with Gasteiger partial charge in [-0.05, 0) is 43.9 Å². The molecule has 0 bridgehead atoms. The van der Waals surface area contributed by atoms with Crippen LogP contribution in [-0.2, 0) is 19.0 Å². The van der Waals surface area contributed by atoms with Crippen molar-refractivity contribution in [2.45, 2.75) is 64.3 Å². The Bertz CT molecular complexity index is 329. The summed E-state index contributed by atoms with van der Waals surface area (Å²) < 4.78 is 16.8. The Morgan fingerprint density at radius 2 is 1.65 bits per heavy atom. The Hall–Kier alpha value is -0.610. The second kappa shape index (κ2) is 6.44. The van der Waals surface area contributed by atoms with Crippen LogP contribution in [0.4, 0.5) is 0 Å². The van der Waals surface area contributed by atoms with Crippen LogP contribution in [0.5, 0.6) is 0 Å². The van der Waals surface area contributed by atoms with Crippen LogP contribution in [0.15, 0.2) is 0 Å². The van der Waals surface area contributed by atoms with E-state index >= 15 is 0 Å². The van der Waals surface area contributed by atoms with Gasteiger partial charge in [0.2, 0.25) is 0 Å². The van der Waals surface area contributed by atoms with Gasteiger partial charge in [0.25, 0.3) is 0 Å². The topological polar surface area (TPSA) is 44.8 Å². The molecule has 0 spiro atoms. The Kier molecular flexibility index (Phi) is 4.61. The minimum absolute atomic E-state index is 0.0152. The highest BCUT2D eigenvalue weighted by molar-refractivity contribution is 5.73. The Morgan fingerprint density at radius 1 is 0.950 bits per heavy atom. The molecule has 2 aliphatic heterocycles. The molecule has 0 radical (unpaired) electrons. The van der Waals surface area contributed by atoms with Gasteiger partial charge in [0.1, 0.15) is 0 Å². The van der Waals surface area contributed by atoms with Gasteiger partial charge in [-0.2, -0.15) is 0 Å². The molecule has 0 aromatic rings. The molecule has 3 rings (SSSR count). The molecule has 4 nitrogen and oxygen atoms in total. The van der Waals surface area contributed by atoms with Crippen LogP contribution in [0.1, 0.15) is 51.9 Å². The minimum atomic E-state index is -0.333. The van der Waals surface area contributed by atoms with Crippen LogP contribution in [0.25, 0.3) is 0 Å². The molecular weight excluding hydrogens is 256 g/mol. The molecule has 3 aliphatic rings. The highest BCUT2D eigenvalue weighted by Gasteiger charge is 2.40. The van der Waals surface area contributed by atoms with Crippen LogP contribution in [0.2, 0.25) is 0 Å². The van der Waals surface area contributed by atoms with E-state index in [0.717, 1.165) is 25.2 Å². The van der Waals surface area contributed by atoms with Gasteiger partial charge in [-0.15, -0.1) is 0 Å². The SMILES string of the molecule is CC1CCC(C2CCC(C3OCCCO3)OC2=O)CC1. The van der Waals surface area contributed by atoms with Crippen LogP contribution in [-0.4, -0.2) is 31.6 Å². The van der Waals surface area contributed by atoms with E-state index in [1.54, 1.807) is 0 Å². The summed E-state index contributed by atoms with van der Waals surface area (Å²) >= 11 is 0. The number of ether oxygens (including phenoxy) is 3. The third-order valence-electron chi connectivity index (χ3n) is 5.12. The Labute approximate surface area is 121 Å². The molecule has 20 heavy (non-hydrogen) atoms. The number of hydrogen-bond donors (Lipinski definition) is 0. The normalized spacial score (nSPS) is 40.4. The summed E-state index contributed by atoms with van der Waals surface area (Å²) in [4.78, 5) is 12.3. The van der Waals surface area contributed by atoms with Gasteiger partial charge < -0.3 is 14.2 Å². The molecule has 114 valence electrons. The maximum Gasteiger partial charge on any atom is 0.309 e. The van der Waals surface area contributed by atoms with E-state index in [1.165, 1.54) is 25.7 Å². The molecule has 4 heteroatoms. The fourth-order valence-electron chi connectivity index (χ4n) is 3.79. The lowest BCUT2D eigenvalue weighted by Gasteiger charge is -2.38. The fraction of sp³-hybridized carbons (Fsp3) is 0.938.